The lowest BCUT2D eigenvalue weighted by Gasteiger charge is -2.17. The van der Waals surface area contributed by atoms with Crippen LogP contribution in [0.1, 0.15) is 28.4 Å². The molecule has 0 radical (unpaired) electrons. The monoisotopic (exact) mass is 290 g/mol. The Balaban J connectivity index is 2.50. The Kier molecular flexibility index (Phi) is 4.48. The van der Waals surface area contributed by atoms with Gasteiger partial charge in [-0.25, -0.2) is 4.39 Å². The van der Waals surface area contributed by atoms with Crippen LogP contribution in [0.3, 0.4) is 0 Å². The number of hydrogen-bond acceptors (Lipinski definition) is 3. The van der Waals surface area contributed by atoms with Crippen molar-refractivity contribution >= 4 is 0 Å². The second-order valence-corrected chi connectivity index (χ2v) is 4.99. The molecule has 0 bridgehead atoms. The molecule has 1 unspecified atom stereocenters. The Hall–Kier alpha value is -2.07. The highest BCUT2D eigenvalue weighted by Crippen LogP contribution is 2.35. The van der Waals surface area contributed by atoms with Gasteiger partial charge in [0.1, 0.15) is 11.9 Å². The summed E-state index contributed by atoms with van der Waals surface area (Å²) in [4.78, 5) is 0. The van der Waals surface area contributed by atoms with Gasteiger partial charge < -0.3 is 14.6 Å². The molecule has 0 aromatic heterocycles. The largest absolute Gasteiger partial charge is 0.493 e. The fourth-order valence-corrected chi connectivity index (χ4v) is 2.38. The summed E-state index contributed by atoms with van der Waals surface area (Å²) >= 11 is 0. The number of halogens is 1. The van der Waals surface area contributed by atoms with Crippen LogP contribution in [0, 0.1) is 19.7 Å². The molecule has 1 atom stereocenters. The van der Waals surface area contributed by atoms with Gasteiger partial charge >= 0.3 is 0 Å². The van der Waals surface area contributed by atoms with Crippen LogP contribution >= 0.6 is 0 Å². The van der Waals surface area contributed by atoms with Gasteiger partial charge in [0, 0.05) is 11.6 Å². The molecule has 3 nitrogen and oxygen atoms in total. The van der Waals surface area contributed by atoms with Crippen molar-refractivity contribution in [2.45, 2.75) is 20.0 Å². The fraction of sp³-hybridized carbons (Fsp3) is 0.294. The van der Waals surface area contributed by atoms with Gasteiger partial charge in [0.2, 0.25) is 0 Å². The minimum atomic E-state index is -1.05. The zero-order chi connectivity index (χ0) is 15.6. The molecule has 21 heavy (non-hydrogen) atoms. The van der Waals surface area contributed by atoms with Crippen molar-refractivity contribution in [3.05, 3.63) is 58.4 Å². The van der Waals surface area contributed by atoms with Gasteiger partial charge in [-0.15, -0.1) is 0 Å². The lowest BCUT2D eigenvalue weighted by atomic mass is 9.95. The van der Waals surface area contributed by atoms with Crippen molar-refractivity contribution in [3.8, 4) is 11.5 Å². The molecule has 0 amide bonds. The summed E-state index contributed by atoms with van der Waals surface area (Å²) < 4.78 is 24.4. The third-order valence-corrected chi connectivity index (χ3v) is 3.52. The van der Waals surface area contributed by atoms with Gasteiger partial charge in [-0.2, -0.15) is 0 Å². The van der Waals surface area contributed by atoms with E-state index in [1.165, 1.54) is 26.4 Å². The minimum absolute atomic E-state index is 0.166. The first kappa shape index (κ1) is 15.3. The van der Waals surface area contributed by atoms with E-state index >= 15 is 0 Å². The number of aryl methyl sites for hydroxylation is 2. The smallest absolute Gasteiger partial charge is 0.163 e. The average molecular weight is 290 g/mol. The van der Waals surface area contributed by atoms with Gasteiger partial charge in [0.15, 0.2) is 11.5 Å². The van der Waals surface area contributed by atoms with Crippen LogP contribution in [0.15, 0.2) is 30.3 Å². The number of aliphatic hydroxyl groups is 1. The second kappa shape index (κ2) is 6.14. The van der Waals surface area contributed by atoms with Gasteiger partial charge in [-0.3, -0.25) is 0 Å². The highest BCUT2D eigenvalue weighted by atomic mass is 19.1. The van der Waals surface area contributed by atoms with Crippen LogP contribution in [-0.2, 0) is 0 Å². The van der Waals surface area contributed by atoms with Gasteiger partial charge in [-0.05, 0) is 31.0 Å². The maximum atomic E-state index is 14.2. The van der Waals surface area contributed by atoms with E-state index in [0.717, 1.165) is 11.1 Å². The molecule has 0 aliphatic heterocycles. The highest BCUT2D eigenvalue weighted by Gasteiger charge is 2.20. The summed E-state index contributed by atoms with van der Waals surface area (Å²) in [6.45, 7) is 3.87. The number of benzene rings is 2. The normalized spacial score (nSPS) is 12.1. The maximum absolute atomic E-state index is 14.2. The summed E-state index contributed by atoms with van der Waals surface area (Å²) in [5, 5.41) is 10.5. The third kappa shape index (κ3) is 3.00. The quantitative estimate of drug-likeness (QED) is 0.936. The van der Waals surface area contributed by atoms with Crippen LogP contribution in [0.4, 0.5) is 4.39 Å². The summed E-state index contributed by atoms with van der Waals surface area (Å²) in [6.07, 6.45) is -1.05. The molecule has 0 spiro atoms. The van der Waals surface area contributed by atoms with E-state index in [2.05, 4.69) is 0 Å². The molecule has 112 valence electrons. The zero-order valence-corrected chi connectivity index (χ0v) is 12.6. The number of hydrogen-bond donors (Lipinski definition) is 1. The molecule has 2 rings (SSSR count). The molecule has 1 N–H and O–H groups in total. The minimum Gasteiger partial charge on any atom is -0.493 e. The van der Waals surface area contributed by atoms with Crippen molar-refractivity contribution < 1.29 is 19.0 Å². The first-order chi connectivity index (χ1) is 9.97. The average Bonchev–Trinajstić information content (AvgIpc) is 2.46. The number of aliphatic hydroxyl groups excluding tert-OH is 1. The van der Waals surface area contributed by atoms with Crippen LogP contribution in [-0.4, -0.2) is 19.3 Å². The first-order valence-corrected chi connectivity index (χ1v) is 6.64. The molecule has 0 saturated heterocycles. The molecule has 0 aliphatic rings. The summed E-state index contributed by atoms with van der Waals surface area (Å²) in [7, 11) is 2.92. The lowest BCUT2D eigenvalue weighted by molar-refractivity contribution is 0.213. The van der Waals surface area contributed by atoms with E-state index in [9.17, 15) is 9.50 Å². The number of rotatable bonds is 4. The fourth-order valence-electron chi connectivity index (χ4n) is 2.38. The molecular weight excluding hydrogens is 271 g/mol. The predicted molar refractivity (Wildman–Crippen MR) is 79.5 cm³/mol. The Labute approximate surface area is 124 Å². The lowest BCUT2D eigenvalue weighted by Crippen LogP contribution is -2.06. The van der Waals surface area contributed by atoms with E-state index in [1.54, 1.807) is 0 Å². The Morgan fingerprint density at radius 2 is 1.57 bits per heavy atom. The van der Waals surface area contributed by atoms with E-state index in [1.807, 2.05) is 32.0 Å². The number of ether oxygens (including phenoxy) is 2. The zero-order valence-electron chi connectivity index (χ0n) is 12.6. The molecule has 0 saturated carbocycles. The van der Waals surface area contributed by atoms with Crippen LogP contribution in [0.2, 0.25) is 0 Å². The molecule has 0 heterocycles. The summed E-state index contributed by atoms with van der Waals surface area (Å²) in [5.41, 5.74) is 2.85. The van der Waals surface area contributed by atoms with Gasteiger partial charge in [0.05, 0.1) is 14.2 Å². The Morgan fingerprint density at radius 1 is 0.952 bits per heavy atom. The van der Waals surface area contributed by atoms with Crippen LogP contribution in [0.25, 0.3) is 0 Å². The molecule has 4 heteroatoms. The summed E-state index contributed by atoms with van der Waals surface area (Å²) in [6, 6.07) is 8.35. The topological polar surface area (TPSA) is 38.7 Å². The van der Waals surface area contributed by atoms with Crippen molar-refractivity contribution in [1.82, 2.24) is 0 Å². The van der Waals surface area contributed by atoms with Crippen molar-refractivity contribution in [2.24, 2.45) is 0 Å². The van der Waals surface area contributed by atoms with Crippen molar-refractivity contribution in [2.75, 3.05) is 14.2 Å². The molecule has 0 fully saturated rings. The van der Waals surface area contributed by atoms with E-state index in [0.29, 0.717) is 17.1 Å². The second-order valence-electron chi connectivity index (χ2n) is 4.99. The molecule has 2 aromatic carbocycles. The molecule has 0 aliphatic carbocycles. The summed E-state index contributed by atoms with van der Waals surface area (Å²) in [5.74, 6) is 0.157. The van der Waals surface area contributed by atoms with Crippen LogP contribution in [0.5, 0.6) is 11.5 Å². The van der Waals surface area contributed by atoms with E-state index < -0.39 is 11.9 Å². The van der Waals surface area contributed by atoms with E-state index in [4.69, 9.17) is 9.47 Å². The van der Waals surface area contributed by atoms with Crippen LogP contribution < -0.4 is 9.47 Å². The number of methoxy groups -OCH3 is 2. The standard InChI is InChI=1S/C17H19FO3/c1-10-5-6-12(11(2)7-10)17(19)13-8-15(20-3)16(21-4)9-14(13)18/h5-9,17,19H,1-4H3. The van der Waals surface area contributed by atoms with Gasteiger partial charge in [0.25, 0.3) is 0 Å². The molecular formula is C17H19FO3. The maximum Gasteiger partial charge on any atom is 0.163 e. The first-order valence-electron chi connectivity index (χ1n) is 6.64. The third-order valence-electron chi connectivity index (χ3n) is 3.52. The van der Waals surface area contributed by atoms with Gasteiger partial charge in [-0.1, -0.05) is 23.8 Å². The highest BCUT2D eigenvalue weighted by molar-refractivity contribution is 5.47. The molecule has 2 aromatic rings. The Morgan fingerprint density at radius 3 is 2.14 bits per heavy atom. The SMILES string of the molecule is COc1cc(F)c(C(O)c2ccc(C)cc2C)cc1OC. The van der Waals surface area contributed by atoms with E-state index in [-0.39, 0.29) is 5.56 Å². The predicted octanol–water partition coefficient (Wildman–Crippen LogP) is 3.54. The van der Waals surface area contributed by atoms with Crippen molar-refractivity contribution in [3.63, 3.8) is 0 Å². The van der Waals surface area contributed by atoms with Crippen molar-refractivity contribution in [1.29, 1.82) is 0 Å². The Bertz CT molecular complexity index is 653.